The summed E-state index contributed by atoms with van der Waals surface area (Å²) in [5.41, 5.74) is 2.63. The Kier molecular flexibility index (Phi) is 6.28. The van der Waals surface area contributed by atoms with E-state index in [0.717, 1.165) is 23.0 Å². The Morgan fingerprint density at radius 1 is 1.29 bits per heavy atom. The molecule has 0 radical (unpaired) electrons. The normalized spacial score (nSPS) is 16.1. The third-order valence-electron chi connectivity index (χ3n) is 4.94. The molecule has 1 aliphatic rings. The molecule has 0 bridgehead atoms. The van der Waals surface area contributed by atoms with E-state index in [0.29, 0.717) is 5.75 Å². The van der Waals surface area contributed by atoms with Crippen LogP contribution in [0.3, 0.4) is 0 Å². The second kappa shape index (κ2) is 8.52. The zero-order chi connectivity index (χ0) is 20.3. The Hall–Kier alpha value is -2.08. The number of hydrogen-bond donors (Lipinski definition) is 1. The highest BCUT2D eigenvalue weighted by atomic mass is 32.2. The number of amides is 1. The SMILES string of the molecule is CCCCc1ccc(NC(=O)CC2CSc3nc(C(C)(C)C)cc(=O)n32)cc1. The van der Waals surface area contributed by atoms with E-state index in [1.54, 1.807) is 22.4 Å². The van der Waals surface area contributed by atoms with Crippen molar-refractivity contribution in [2.45, 2.75) is 70.0 Å². The Balaban J connectivity index is 1.66. The van der Waals surface area contributed by atoms with Crippen molar-refractivity contribution in [3.8, 4) is 0 Å². The van der Waals surface area contributed by atoms with Crippen LogP contribution in [0, 0.1) is 0 Å². The zero-order valence-corrected chi connectivity index (χ0v) is 17.9. The smallest absolute Gasteiger partial charge is 0.254 e. The van der Waals surface area contributed by atoms with Crippen molar-refractivity contribution in [2.24, 2.45) is 0 Å². The van der Waals surface area contributed by atoms with Gasteiger partial charge in [0.25, 0.3) is 5.56 Å². The van der Waals surface area contributed by atoms with Gasteiger partial charge in [-0.3, -0.25) is 14.2 Å². The van der Waals surface area contributed by atoms with Crippen LogP contribution in [0.4, 0.5) is 5.69 Å². The number of unbranched alkanes of at least 4 members (excludes halogenated alkanes) is 1. The second-order valence-corrected chi connectivity index (χ2v) is 9.39. The molecular weight excluding hydrogens is 370 g/mol. The van der Waals surface area contributed by atoms with E-state index in [1.807, 2.05) is 32.9 Å². The van der Waals surface area contributed by atoms with Gasteiger partial charge in [0.2, 0.25) is 5.91 Å². The van der Waals surface area contributed by atoms with Gasteiger partial charge in [0, 0.05) is 29.3 Å². The Morgan fingerprint density at radius 3 is 2.64 bits per heavy atom. The molecule has 1 N–H and O–H groups in total. The summed E-state index contributed by atoms with van der Waals surface area (Å²) < 4.78 is 1.67. The van der Waals surface area contributed by atoms with Gasteiger partial charge in [-0.25, -0.2) is 4.98 Å². The van der Waals surface area contributed by atoms with Crippen molar-refractivity contribution in [3.63, 3.8) is 0 Å². The topological polar surface area (TPSA) is 64.0 Å². The maximum Gasteiger partial charge on any atom is 0.254 e. The average molecular weight is 400 g/mol. The van der Waals surface area contributed by atoms with Gasteiger partial charge in [-0.1, -0.05) is 58.0 Å². The van der Waals surface area contributed by atoms with Gasteiger partial charge in [0.15, 0.2) is 5.16 Å². The number of hydrogen-bond acceptors (Lipinski definition) is 4. The molecule has 0 saturated carbocycles. The Labute approximate surface area is 171 Å². The highest BCUT2D eigenvalue weighted by Gasteiger charge is 2.29. The molecule has 1 amide bonds. The summed E-state index contributed by atoms with van der Waals surface area (Å²) in [6.07, 6.45) is 3.68. The van der Waals surface area contributed by atoms with Crippen LogP contribution in [-0.2, 0) is 16.6 Å². The number of nitrogens with one attached hydrogen (secondary N) is 1. The second-order valence-electron chi connectivity index (χ2n) is 8.40. The highest BCUT2D eigenvalue weighted by molar-refractivity contribution is 7.99. The van der Waals surface area contributed by atoms with E-state index in [4.69, 9.17) is 0 Å². The minimum atomic E-state index is -0.173. The molecule has 6 heteroatoms. The van der Waals surface area contributed by atoms with Crippen LogP contribution < -0.4 is 10.9 Å². The lowest BCUT2D eigenvalue weighted by Crippen LogP contribution is -2.29. The van der Waals surface area contributed by atoms with Crippen LogP contribution in [0.1, 0.15) is 64.3 Å². The molecular formula is C22H29N3O2S. The van der Waals surface area contributed by atoms with E-state index < -0.39 is 0 Å². The van der Waals surface area contributed by atoms with E-state index in [9.17, 15) is 9.59 Å². The summed E-state index contributed by atoms with van der Waals surface area (Å²) in [4.78, 5) is 29.8. The van der Waals surface area contributed by atoms with Crippen molar-refractivity contribution in [1.29, 1.82) is 0 Å². The van der Waals surface area contributed by atoms with E-state index in [1.165, 1.54) is 18.4 Å². The fourth-order valence-electron chi connectivity index (χ4n) is 3.25. The van der Waals surface area contributed by atoms with Gasteiger partial charge in [-0.2, -0.15) is 0 Å². The van der Waals surface area contributed by atoms with Crippen molar-refractivity contribution >= 4 is 23.4 Å². The zero-order valence-electron chi connectivity index (χ0n) is 17.1. The fraction of sp³-hybridized carbons (Fsp3) is 0.500. The molecule has 3 rings (SSSR count). The first-order valence-corrected chi connectivity index (χ1v) is 10.9. The maximum absolute atomic E-state index is 12.6. The lowest BCUT2D eigenvalue weighted by Gasteiger charge is -2.19. The van der Waals surface area contributed by atoms with Gasteiger partial charge in [-0.15, -0.1) is 0 Å². The molecule has 1 aromatic carbocycles. The van der Waals surface area contributed by atoms with Crippen molar-refractivity contribution in [3.05, 3.63) is 51.9 Å². The number of thioether (sulfide) groups is 1. The standard InChI is InChI=1S/C22H29N3O2S/c1-5-6-7-15-8-10-16(11-9-15)23-19(26)12-17-14-28-21-24-18(22(2,3)4)13-20(27)25(17)21/h8-11,13,17H,5-7,12,14H2,1-4H3,(H,23,26). The van der Waals surface area contributed by atoms with Crippen LogP contribution in [-0.4, -0.2) is 21.2 Å². The van der Waals surface area contributed by atoms with Crippen LogP contribution in [0.15, 0.2) is 40.3 Å². The van der Waals surface area contributed by atoms with Gasteiger partial charge in [0.1, 0.15) is 0 Å². The lowest BCUT2D eigenvalue weighted by atomic mass is 9.92. The van der Waals surface area contributed by atoms with Gasteiger partial charge >= 0.3 is 0 Å². The molecule has 0 fully saturated rings. The van der Waals surface area contributed by atoms with Crippen LogP contribution in [0.2, 0.25) is 0 Å². The molecule has 0 aliphatic carbocycles. The average Bonchev–Trinajstić information content (AvgIpc) is 3.03. The van der Waals surface area contributed by atoms with Crippen LogP contribution in [0.25, 0.3) is 0 Å². The molecule has 5 nitrogen and oxygen atoms in total. The van der Waals surface area contributed by atoms with Gasteiger partial charge in [-0.05, 0) is 30.5 Å². The number of carbonyl (C=O) groups excluding carboxylic acids is 1. The number of fused-ring (bicyclic) bond motifs is 1. The Morgan fingerprint density at radius 2 is 2.00 bits per heavy atom. The summed E-state index contributed by atoms with van der Waals surface area (Å²) in [6, 6.07) is 9.48. The molecule has 1 unspecified atom stereocenters. The molecule has 1 aromatic heterocycles. The number of rotatable bonds is 6. The molecule has 1 aliphatic heterocycles. The maximum atomic E-state index is 12.6. The molecule has 2 heterocycles. The van der Waals surface area contributed by atoms with Crippen molar-refractivity contribution in [1.82, 2.24) is 9.55 Å². The third kappa shape index (κ3) is 4.85. The largest absolute Gasteiger partial charge is 0.326 e. The Bertz CT molecular complexity index is 897. The minimum Gasteiger partial charge on any atom is -0.326 e. The molecule has 2 aromatic rings. The minimum absolute atomic E-state index is 0.0713. The molecule has 150 valence electrons. The summed E-state index contributed by atoms with van der Waals surface area (Å²) in [6.45, 7) is 8.32. The first kappa shape index (κ1) is 20.6. The molecule has 0 saturated heterocycles. The fourth-order valence-corrected chi connectivity index (χ4v) is 4.40. The summed E-state index contributed by atoms with van der Waals surface area (Å²) in [5.74, 6) is 0.616. The highest BCUT2D eigenvalue weighted by Crippen LogP contribution is 2.33. The van der Waals surface area contributed by atoms with Crippen molar-refractivity contribution < 1.29 is 4.79 Å². The number of aryl methyl sites for hydroxylation is 1. The number of aromatic nitrogens is 2. The first-order chi connectivity index (χ1) is 13.3. The van der Waals surface area contributed by atoms with Crippen LogP contribution in [0.5, 0.6) is 0 Å². The van der Waals surface area contributed by atoms with Gasteiger partial charge < -0.3 is 5.32 Å². The number of carbonyl (C=O) groups is 1. The quantitative estimate of drug-likeness (QED) is 0.723. The predicted molar refractivity (Wildman–Crippen MR) is 115 cm³/mol. The molecule has 28 heavy (non-hydrogen) atoms. The number of nitrogens with zero attached hydrogens (tertiary/aromatic N) is 2. The summed E-state index contributed by atoms with van der Waals surface area (Å²) >= 11 is 1.55. The predicted octanol–water partition coefficient (Wildman–Crippen LogP) is 4.56. The van der Waals surface area contributed by atoms with E-state index >= 15 is 0 Å². The van der Waals surface area contributed by atoms with Crippen molar-refractivity contribution in [2.75, 3.05) is 11.1 Å². The number of benzene rings is 1. The monoisotopic (exact) mass is 399 g/mol. The summed E-state index contributed by atoms with van der Waals surface area (Å²) in [5, 5.41) is 3.67. The van der Waals surface area contributed by atoms with E-state index in [-0.39, 0.29) is 29.3 Å². The summed E-state index contributed by atoms with van der Waals surface area (Å²) in [7, 11) is 0. The first-order valence-electron chi connectivity index (χ1n) is 9.93. The van der Waals surface area contributed by atoms with E-state index in [2.05, 4.69) is 29.4 Å². The molecule has 1 atom stereocenters. The third-order valence-corrected chi connectivity index (χ3v) is 6.03. The van der Waals surface area contributed by atoms with Gasteiger partial charge in [0.05, 0.1) is 11.7 Å². The molecule has 0 spiro atoms. The van der Waals surface area contributed by atoms with Crippen LogP contribution >= 0.6 is 11.8 Å². The number of anilines is 1. The lowest BCUT2D eigenvalue weighted by molar-refractivity contribution is -0.116.